The molecule has 5 rings (SSSR count). The van der Waals surface area contributed by atoms with Gasteiger partial charge in [0.15, 0.2) is 5.69 Å². The van der Waals surface area contributed by atoms with Gasteiger partial charge in [0.25, 0.3) is 0 Å². The third-order valence-electron chi connectivity index (χ3n) is 6.96. The van der Waals surface area contributed by atoms with Gasteiger partial charge in [-0.15, -0.1) is 0 Å². The van der Waals surface area contributed by atoms with Crippen molar-refractivity contribution in [1.29, 1.82) is 0 Å². The molecular weight excluding hydrogens is 574 g/mol. The monoisotopic (exact) mass is 600 g/mol. The van der Waals surface area contributed by atoms with Gasteiger partial charge in [-0.05, 0) is 70.4 Å². The number of nitrogens with zero attached hydrogens (tertiary/aromatic N) is 4. The molecule has 0 amide bonds. The first kappa shape index (κ1) is 27.1. The molecule has 1 saturated carbocycles. The SMILES string of the molecule is CC(C)c1ccc(-n2c3ccccc3n3c(CN(CCC(F)(F)F)CC4CC4)c(C(F)(F)F)nc23)c(Br)c1. The number of aromatic nitrogens is 3. The molecule has 204 valence electrons. The van der Waals surface area contributed by atoms with Gasteiger partial charge < -0.3 is 0 Å². The van der Waals surface area contributed by atoms with Crippen LogP contribution in [0.25, 0.3) is 22.5 Å². The van der Waals surface area contributed by atoms with E-state index in [0.717, 1.165) is 18.4 Å². The van der Waals surface area contributed by atoms with Crippen LogP contribution < -0.4 is 0 Å². The molecule has 2 aromatic carbocycles. The highest BCUT2D eigenvalue weighted by Crippen LogP contribution is 2.39. The fourth-order valence-electron chi connectivity index (χ4n) is 4.87. The lowest BCUT2D eigenvalue weighted by Gasteiger charge is -2.23. The number of para-hydroxylation sites is 2. The van der Waals surface area contributed by atoms with Gasteiger partial charge in [0.1, 0.15) is 0 Å². The number of hydrogen-bond acceptors (Lipinski definition) is 2. The fourth-order valence-corrected chi connectivity index (χ4v) is 5.44. The van der Waals surface area contributed by atoms with Crippen LogP contribution in [0.4, 0.5) is 26.3 Å². The van der Waals surface area contributed by atoms with Crippen LogP contribution in [0.15, 0.2) is 46.9 Å². The number of benzene rings is 2. The number of rotatable bonds is 8. The van der Waals surface area contributed by atoms with Gasteiger partial charge in [0, 0.05) is 24.1 Å². The molecule has 2 aromatic heterocycles. The molecule has 1 aliphatic rings. The molecule has 0 spiro atoms. The number of halogens is 7. The molecule has 0 atom stereocenters. The Kier molecular flexibility index (Phi) is 7.04. The van der Waals surface area contributed by atoms with Crippen molar-refractivity contribution < 1.29 is 26.3 Å². The van der Waals surface area contributed by atoms with Crippen molar-refractivity contribution in [1.82, 2.24) is 18.9 Å². The van der Waals surface area contributed by atoms with E-state index in [9.17, 15) is 26.3 Å². The summed E-state index contributed by atoms with van der Waals surface area (Å²) in [7, 11) is 0. The predicted octanol–water partition coefficient (Wildman–Crippen LogP) is 8.35. The second-order valence-corrected chi connectivity index (χ2v) is 11.1. The molecular formula is C27H27BrF6N4. The Hall–Kier alpha value is -2.53. The van der Waals surface area contributed by atoms with E-state index in [1.807, 2.05) is 32.0 Å². The first-order valence-corrected chi connectivity index (χ1v) is 13.3. The Labute approximate surface area is 224 Å². The van der Waals surface area contributed by atoms with Crippen molar-refractivity contribution in [2.45, 2.75) is 57.9 Å². The molecule has 1 fully saturated rings. The van der Waals surface area contributed by atoms with Crippen molar-refractivity contribution in [3.8, 4) is 5.69 Å². The van der Waals surface area contributed by atoms with Gasteiger partial charge in [-0.3, -0.25) is 13.9 Å². The summed E-state index contributed by atoms with van der Waals surface area (Å²) in [6, 6.07) is 12.7. The summed E-state index contributed by atoms with van der Waals surface area (Å²) in [5.74, 6) is 0.525. The molecule has 0 unspecified atom stereocenters. The average molecular weight is 601 g/mol. The van der Waals surface area contributed by atoms with E-state index in [2.05, 4.69) is 20.9 Å². The fraction of sp³-hybridized carbons (Fsp3) is 0.444. The Morgan fingerprint density at radius 1 is 1.03 bits per heavy atom. The van der Waals surface area contributed by atoms with E-state index < -0.39 is 24.5 Å². The highest BCUT2D eigenvalue weighted by Gasteiger charge is 2.40. The first-order valence-electron chi connectivity index (χ1n) is 12.5. The van der Waals surface area contributed by atoms with Crippen LogP contribution in [0, 0.1) is 5.92 Å². The normalized spacial score (nSPS) is 15.0. The summed E-state index contributed by atoms with van der Waals surface area (Å²) in [5.41, 5.74) is 1.61. The third-order valence-corrected chi connectivity index (χ3v) is 7.60. The van der Waals surface area contributed by atoms with Gasteiger partial charge in [-0.25, -0.2) is 4.98 Å². The number of imidazole rings is 2. The molecule has 0 bridgehead atoms. The second-order valence-electron chi connectivity index (χ2n) is 10.3. The minimum absolute atomic E-state index is 0.0636. The molecule has 2 heterocycles. The van der Waals surface area contributed by atoms with Crippen LogP contribution in [0.1, 0.15) is 56.0 Å². The van der Waals surface area contributed by atoms with Crippen LogP contribution in [0.2, 0.25) is 0 Å². The molecule has 38 heavy (non-hydrogen) atoms. The lowest BCUT2D eigenvalue weighted by molar-refractivity contribution is -0.143. The molecule has 1 aliphatic carbocycles. The average Bonchev–Trinajstić information content (AvgIpc) is 3.47. The topological polar surface area (TPSA) is 25.5 Å². The maximum Gasteiger partial charge on any atom is 0.435 e. The molecule has 0 aliphatic heterocycles. The molecule has 0 radical (unpaired) electrons. The van der Waals surface area contributed by atoms with Crippen molar-refractivity contribution >= 4 is 32.7 Å². The predicted molar refractivity (Wildman–Crippen MR) is 137 cm³/mol. The summed E-state index contributed by atoms with van der Waals surface area (Å²) in [6.45, 7) is 3.76. The maximum atomic E-state index is 14.3. The zero-order valence-corrected chi connectivity index (χ0v) is 22.5. The lowest BCUT2D eigenvalue weighted by Crippen LogP contribution is -2.31. The summed E-state index contributed by atoms with van der Waals surface area (Å²) in [4.78, 5) is 5.57. The van der Waals surface area contributed by atoms with Gasteiger partial charge in [0.05, 0.1) is 28.8 Å². The van der Waals surface area contributed by atoms with E-state index in [0.29, 0.717) is 27.7 Å². The highest BCUT2D eigenvalue weighted by molar-refractivity contribution is 9.10. The number of alkyl halides is 6. The van der Waals surface area contributed by atoms with Gasteiger partial charge in [-0.1, -0.05) is 32.0 Å². The van der Waals surface area contributed by atoms with Gasteiger partial charge >= 0.3 is 12.4 Å². The zero-order valence-electron chi connectivity index (χ0n) is 20.9. The van der Waals surface area contributed by atoms with Gasteiger partial charge in [-0.2, -0.15) is 26.3 Å². The van der Waals surface area contributed by atoms with Crippen LogP contribution in [-0.4, -0.2) is 38.1 Å². The first-order chi connectivity index (χ1) is 17.8. The lowest BCUT2D eigenvalue weighted by atomic mass is 10.0. The van der Waals surface area contributed by atoms with Gasteiger partial charge in [0.2, 0.25) is 5.78 Å². The van der Waals surface area contributed by atoms with E-state index in [-0.39, 0.29) is 36.4 Å². The van der Waals surface area contributed by atoms with E-state index in [1.165, 1.54) is 9.30 Å². The van der Waals surface area contributed by atoms with Crippen LogP contribution in [0.5, 0.6) is 0 Å². The van der Waals surface area contributed by atoms with E-state index in [1.54, 1.807) is 28.8 Å². The Balaban J connectivity index is 1.70. The summed E-state index contributed by atoms with van der Waals surface area (Å²) in [5, 5.41) is 0. The minimum atomic E-state index is -4.78. The molecule has 4 aromatic rings. The van der Waals surface area contributed by atoms with Crippen LogP contribution >= 0.6 is 15.9 Å². The zero-order chi connectivity index (χ0) is 27.4. The summed E-state index contributed by atoms with van der Waals surface area (Å²) < 4.78 is 86.0. The van der Waals surface area contributed by atoms with E-state index in [4.69, 9.17) is 0 Å². The van der Waals surface area contributed by atoms with Crippen molar-refractivity contribution in [3.63, 3.8) is 0 Å². The van der Waals surface area contributed by atoms with E-state index >= 15 is 0 Å². The molecule has 0 saturated heterocycles. The Bertz CT molecular complexity index is 1460. The van der Waals surface area contributed by atoms with Crippen molar-refractivity contribution in [2.75, 3.05) is 13.1 Å². The molecule has 4 nitrogen and oxygen atoms in total. The Morgan fingerprint density at radius 3 is 2.29 bits per heavy atom. The summed E-state index contributed by atoms with van der Waals surface area (Å²) >= 11 is 3.59. The smallest absolute Gasteiger partial charge is 0.297 e. The largest absolute Gasteiger partial charge is 0.435 e. The molecule has 0 N–H and O–H groups in total. The minimum Gasteiger partial charge on any atom is -0.297 e. The summed E-state index contributed by atoms with van der Waals surface area (Å²) in [6.07, 6.45) is -8.51. The second kappa shape index (κ2) is 9.89. The third kappa shape index (κ3) is 5.45. The highest BCUT2D eigenvalue weighted by atomic mass is 79.9. The van der Waals surface area contributed by atoms with Crippen LogP contribution in [-0.2, 0) is 12.7 Å². The van der Waals surface area contributed by atoms with Crippen molar-refractivity contribution in [2.24, 2.45) is 5.92 Å². The Morgan fingerprint density at radius 2 is 1.71 bits per heavy atom. The van der Waals surface area contributed by atoms with Crippen LogP contribution in [0.3, 0.4) is 0 Å². The molecule has 11 heteroatoms. The maximum absolute atomic E-state index is 14.3. The standard InChI is InChI=1S/C27H27BrF6N4/c1-16(2)18-9-10-20(19(28)13-18)37-21-5-3-4-6-22(21)38-23(24(27(32,33)34)35-25(37)38)15-36(14-17-7-8-17)12-11-26(29,30)31/h3-6,9-10,13,16-17H,7-8,11-12,14-15H2,1-2H3. The number of hydrogen-bond donors (Lipinski definition) is 0. The quantitative estimate of drug-likeness (QED) is 0.190. The van der Waals surface area contributed by atoms with Crippen molar-refractivity contribution in [3.05, 3.63) is 63.9 Å². The number of fused-ring (bicyclic) bond motifs is 3.